The predicted octanol–water partition coefficient (Wildman–Crippen LogP) is -3.81. The molecule has 27 N–H and O–H groups in total. The number of amides is 14. The fraction of sp³-hybridized carbons (Fsp3) is 0.615. The predicted molar refractivity (Wildman–Crippen MR) is 433 cm³/mol. The first-order valence-corrected chi connectivity index (χ1v) is 40.3. The van der Waals surface area contributed by atoms with Gasteiger partial charge < -0.3 is 123 Å². The van der Waals surface area contributed by atoms with Crippen LogP contribution in [0.25, 0.3) is 0 Å². The summed E-state index contributed by atoms with van der Waals surface area (Å²) >= 11 is 0. The largest absolute Gasteiger partial charge is 0.508 e. The zero-order valence-electron chi connectivity index (χ0n) is 68.3. The first-order chi connectivity index (χ1) is 56.3. The Balaban J connectivity index is 1.41. The zero-order valence-corrected chi connectivity index (χ0v) is 68.3. The number of nitrogens with two attached hydrogens (primary N) is 6. The lowest BCUT2D eigenvalue weighted by molar-refractivity contribution is -0.144. The number of likely N-dealkylation sites (tertiary alicyclic amines) is 2. The number of phenolic OH excluding ortho intramolecular Hbond substituents is 2. The highest BCUT2D eigenvalue weighted by atomic mass is 16.4. The highest BCUT2D eigenvalue weighted by Gasteiger charge is 2.44. The minimum Gasteiger partial charge on any atom is -0.508 e. The van der Waals surface area contributed by atoms with Gasteiger partial charge in [-0.1, -0.05) is 72.2 Å². The first-order valence-electron chi connectivity index (χ1n) is 40.3. The zero-order chi connectivity index (χ0) is 88.3. The molecule has 3 fully saturated rings. The van der Waals surface area contributed by atoms with E-state index in [-0.39, 0.29) is 177 Å². The second kappa shape index (κ2) is 48.7. The third-order valence-corrected chi connectivity index (χ3v) is 20.5. The summed E-state index contributed by atoms with van der Waals surface area (Å²) in [6, 6.07) is -7.47. The molecule has 14 atom stereocenters. The summed E-state index contributed by atoms with van der Waals surface area (Å²) in [5, 5.41) is 69.0. The van der Waals surface area contributed by atoms with Crippen LogP contribution in [0.15, 0.2) is 58.5 Å². The Kier molecular flexibility index (Phi) is 39.9. The van der Waals surface area contributed by atoms with Crippen LogP contribution in [-0.2, 0) is 89.6 Å². The summed E-state index contributed by atoms with van der Waals surface area (Å²) in [6.07, 6.45) is -1.42. The van der Waals surface area contributed by atoms with Crippen LogP contribution in [-0.4, -0.2) is 248 Å². The number of nitrogens with one attached hydrogen (secondary N) is 11. The molecule has 658 valence electrons. The van der Waals surface area contributed by atoms with Crippen LogP contribution in [0.4, 0.5) is 0 Å². The van der Waals surface area contributed by atoms with Gasteiger partial charge in [-0.2, -0.15) is 0 Å². The number of nitrogens with zero attached hydrogens (tertiary/aromatic N) is 4. The molecule has 0 aromatic heterocycles. The number of guanidine groups is 2. The number of carbonyl (C=O) groups excluding carboxylic acids is 14. The Bertz CT molecular complexity index is 3910. The number of aromatic hydroxyl groups is 2. The van der Waals surface area contributed by atoms with E-state index in [9.17, 15) is 87.5 Å². The molecular weight excluding hydrogens is 1550 g/mol. The van der Waals surface area contributed by atoms with Gasteiger partial charge in [0.25, 0.3) is 0 Å². The molecular formula is C78H121N21O20. The lowest BCUT2D eigenvalue weighted by Crippen LogP contribution is -2.61. The molecule has 14 amide bonds. The number of hydrogen-bond donors (Lipinski definition) is 21. The number of primary amides is 1. The summed E-state index contributed by atoms with van der Waals surface area (Å²) in [6.45, 7) is 10.4. The molecule has 0 spiro atoms. The Labute approximate surface area is 690 Å². The quantitative estimate of drug-likeness (QED) is 0.0172. The van der Waals surface area contributed by atoms with Gasteiger partial charge in [-0.3, -0.25) is 81.9 Å². The van der Waals surface area contributed by atoms with Gasteiger partial charge in [-0.15, -0.1) is 0 Å². The Morgan fingerprint density at radius 2 is 0.882 bits per heavy atom. The number of carboxylic acid groups (broad SMARTS) is 2. The summed E-state index contributed by atoms with van der Waals surface area (Å²) in [4.78, 5) is 234. The topological polar surface area (TPSA) is 674 Å². The summed E-state index contributed by atoms with van der Waals surface area (Å²) < 4.78 is 0. The average Bonchev–Trinajstić information content (AvgIpc) is 1.76. The van der Waals surface area contributed by atoms with Crippen LogP contribution in [0.1, 0.15) is 175 Å². The van der Waals surface area contributed by atoms with E-state index in [4.69, 9.17) is 34.4 Å². The van der Waals surface area contributed by atoms with E-state index >= 15 is 9.59 Å². The average molecular weight is 1670 g/mol. The van der Waals surface area contributed by atoms with Crippen molar-refractivity contribution in [2.75, 3.05) is 32.7 Å². The number of carbonyl (C=O) groups is 16. The van der Waals surface area contributed by atoms with E-state index in [1.54, 1.807) is 41.5 Å². The van der Waals surface area contributed by atoms with Crippen LogP contribution in [0, 0.1) is 17.8 Å². The van der Waals surface area contributed by atoms with Crippen molar-refractivity contribution in [2.45, 2.75) is 255 Å². The van der Waals surface area contributed by atoms with Crippen LogP contribution in [0.2, 0.25) is 0 Å². The van der Waals surface area contributed by atoms with E-state index in [2.05, 4.69) is 68.5 Å². The molecule has 0 aliphatic carbocycles. The molecule has 0 saturated carbocycles. The van der Waals surface area contributed by atoms with E-state index in [0.717, 1.165) is 4.90 Å². The van der Waals surface area contributed by atoms with Crippen molar-refractivity contribution >= 4 is 107 Å². The summed E-state index contributed by atoms with van der Waals surface area (Å²) in [5.41, 5.74) is 34.8. The Morgan fingerprint density at radius 3 is 1.34 bits per heavy atom. The van der Waals surface area contributed by atoms with Crippen molar-refractivity contribution < 1.29 is 97.1 Å². The lowest BCUT2D eigenvalue weighted by atomic mass is 9.96. The van der Waals surface area contributed by atoms with E-state index in [1.165, 1.54) is 53.4 Å². The van der Waals surface area contributed by atoms with Gasteiger partial charge >= 0.3 is 11.9 Å². The van der Waals surface area contributed by atoms with Crippen LogP contribution in [0.5, 0.6) is 11.5 Å². The van der Waals surface area contributed by atoms with Crippen molar-refractivity contribution in [3.05, 3.63) is 59.7 Å². The maximum atomic E-state index is 15.1. The lowest BCUT2D eigenvalue weighted by Gasteiger charge is -2.32. The van der Waals surface area contributed by atoms with Gasteiger partial charge in [-0.05, 0) is 156 Å². The number of benzene rings is 2. The van der Waals surface area contributed by atoms with Crippen molar-refractivity contribution in [3.8, 4) is 11.5 Å². The number of rotatable bonds is 50. The molecule has 2 aromatic carbocycles. The second-order valence-corrected chi connectivity index (χ2v) is 31.1. The minimum atomic E-state index is -2.02. The molecule has 0 bridgehead atoms. The molecule has 3 aliphatic heterocycles. The third-order valence-electron chi connectivity index (χ3n) is 20.5. The third kappa shape index (κ3) is 32.8. The maximum absolute atomic E-state index is 15.1. The van der Waals surface area contributed by atoms with Crippen molar-refractivity contribution in [3.63, 3.8) is 0 Å². The van der Waals surface area contributed by atoms with Crippen LogP contribution in [0.3, 0.4) is 0 Å². The Morgan fingerprint density at radius 1 is 0.479 bits per heavy atom. The highest BCUT2D eigenvalue weighted by Crippen LogP contribution is 2.25. The van der Waals surface area contributed by atoms with E-state index in [1.807, 2.05) is 0 Å². The molecule has 1 unspecified atom stereocenters. The van der Waals surface area contributed by atoms with Gasteiger partial charge in [-0.25, -0.2) is 4.79 Å². The number of aliphatic imine (C=N–C) groups is 2. The van der Waals surface area contributed by atoms with Gasteiger partial charge in [0, 0.05) is 51.9 Å². The van der Waals surface area contributed by atoms with Gasteiger partial charge in [0.15, 0.2) is 11.9 Å². The normalized spacial score (nSPS) is 17.8. The number of aliphatic carboxylic acids is 2. The van der Waals surface area contributed by atoms with Gasteiger partial charge in [0.1, 0.15) is 90.0 Å². The number of carboxylic acids is 2. The molecule has 2 aromatic rings. The standard InChI is InChI=1S/C78H121N21O20/c1-7-43(6)63(73(115)96-57(76(118)119)37-42(4)5)97-70(112)55(39-45-21-25-47(101)26-22-45)95-72(114)59-18-13-35-99(59)75(117)52(16-11-33-86-78(83)84)90-64(106)48(15-10-32-85-77(81)82)89-71(113)58-17-12-34-98(58)74(116)51(14-8-9-31-79)91-69(111)56(40-62(104)105)94-66(108)50(27-29-60(80)102)88-68(110)54(38-44-19-23-46(100)24-20-44)93-67(109)53(36-41(2)3)92-65(107)49-28-30-61(103)87-49/h19-26,41-43,48-59,63,100-101H,7-18,27-40,79H2,1-6H3,(H2,80,102)(H,87,103)(H,88,110)(H,89,113)(H,90,106)(H,91,111)(H,92,107)(H,93,109)(H,94,108)(H,95,114)(H,96,115)(H,97,112)(H,104,105)(H,118,119)(H4,81,82,85)(H4,83,84,86)/t43-,48-,49-,50-,51-,52-,53-,54-,55-,56?,57-,58-,59-,63-/m0/s1. The van der Waals surface area contributed by atoms with Gasteiger partial charge in [0.05, 0.1) is 6.42 Å². The maximum Gasteiger partial charge on any atom is 0.326 e. The van der Waals surface area contributed by atoms with E-state index in [0.29, 0.717) is 24.0 Å². The molecule has 41 heteroatoms. The fourth-order valence-electron chi connectivity index (χ4n) is 14.0. The minimum absolute atomic E-state index is 0.00341. The first kappa shape index (κ1) is 97.6. The highest BCUT2D eigenvalue weighted by molar-refractivity contribution is 6.01. The Hall–Kier alpha value is -11.9. The van der Waals surface area contributed by atoms with Crippen LogP contribution >= 0.6 is 0 Å². The second-order valence-electron chi connectivity index (χ2n) is 31.1. The van der Waals surface area contributed by atoms with Crippen molar-refractivity contribution in [2.24, 2.45) is 62.1 Å². The molecule has 3 saturated heterocycles. The van der Waals surface area contributed by atoms with E-state index < -0.39 is 192 Å². The van der Waals surface area contributed by atoms with Gasteiger partial charge in [0.2, 0.25) is 82.7 Å². The number of hydrogen-bond acceptors (Lipinski definition) is 21. The smallest absolute Gasteiger partial charge is 0.326 e. The molecule has 119 heavy (non-hydrogen) atoms. The van der Waals surface area contributed by atoms with Crippen molar-refractivity contribution in [1.29, 1.82) is 0 Å². The number of unbranched alkanes of at least 4 members (excludes halogenated alkanes) is 1. The van der Waals surface area contributed by atoms with Crippen LogP contribution < -0.4 is 92.9 Å². The molecule has 5 rings (SSSR count). The fourth-order valence-corrected chi connectivity index (χ4v) is 14.0. The molecule has 3 heterocycles. The monoisotopic (exact) mass is 1670 g/mol. The van der Waals surface area contributed by atoms with Crippen molar-refractivity contribution in [1.82, 2.24) is 68.3 Å². The summed E-state index contributed by atoms with van der Waals surface area (Å²) in [5.74, 6) is -16.8. The molecule has 0 radical (unpaired) electrons. The molecule has 41 nitrogen and oxygen atoms in total. The number of phenols is 2. The SMILES string of the molecule is CC[C@H](C)[C@H](NC(=O)[C@H](Cc1ccc(O)cc1)NC(=O)[C@@H]1CCCN1C(=O)[C@H](CCCN=C(N)N)NC(=O)[C@H](CCCN=C(N)N)NC(=O)[C@@H]1CCCN1C(=O)[C@H](CCCCN)NC(=O)C(CC(=O)O)NC(=O)[C@H](CCC(N)=O)NC(=O)[C@H](Cc1ccc(O)cc1)NC(=O)[C@H](CC(C)C)NC(=O)[C@@H]1CCC(=O)N1)C(=O)N[C@@H](CC(C)C)C(=O)O. The summed E-state index contributed by atoms with van der Waals surface area (Å²) in [7, 11) is 0. The molecule has 3 aliphatic rings.